The van der Waals surface area contributed by atoms with Crippen molar-refractivity contribution in [2.24, 2.45) is 5.10 Å². The number of ether oxygens (including phenoxy) is 2. The maximum atomic E-state index is 5.85. The van der Waals surface area contributed by atoms with Crippen LogP contribution in [0.25, 0.3) is 0 Å². The lowest BCUT2D eigenvalue weighted by atomic mass is 10.2. The summed E-state index contributed by atoms with van der Waals surface area (Å²) in [6.45, 7) is 9.66. The van der Waals surface area contributed by atoms with Crippen LogP contribution in [0.2, 0.25) is 0 Å². The summed E-state index contributed by atoms with van der Waals surface area (Å²) >= 11 is 5.07. The molecule has 0 fully saturated rings. The minimum absolute atomic E-state index is 0.452. The Balaban J connectivity index is 2.59. The largest absolute Gasteiger partial charge is 0.490 e. The second kappa shape index (κ2) is 13.2. The standard InChI is InChI=1S/C19H29N3O2S/c1-4-7-8-9-13-24-17-11-10-16(14-18(17)23-6-3)15-21-22-19(25)20-12-5-2/h5,10-11,14-15H,2,4,6-9,12-13H2,1,3H3,(H2,20,22,25)/b21-15+. The first-order chi connectivity index (χ1) is 12.2. The predicted molar refractivity (Wildman–Crippen MR) is 109 cm³/mol. The first-order valence-corrected chi connectivity index (χ1v) is 9.19. The van der Waals surface area contributed by atoms with E-state index in [1.807, 2.05) is 25.1 Å². The van der Waals surface area contributed by atoms with Crippen LogP contribution in [0, 0.1) is 0 Å². The van der Waals surface area contributed by atoms with E-state index in [1.54, 1.807) is 12.3 Å². The highest BCUT2D eigenvalue weighted by Gasteiger charge is 2.06. The Morgan fingerprint density at radius 1 is 1.20 bits per heavy atom. The Hall–Kier alpha value is -2.08. The van der Waals surface area contributed by atoms with Gasteiger partial charge in [-0.05, 0) is 49.3 Å². The molecule has 0 spiro atoms. The van der Waals surface area contributed by atoms with E-state index in [0.29, 0.717) is 24.9 Å². The Bertz CT molecular complexity index is 562. The number of nitrogens with one attached hydrogen (secondary N) is 2. The molecule has 0 unspecified atom stereocenters. The van der Waals surface area contributed by atoms with Gasteiger partial charge in [-0.15, -0.1) is 6.58 Å². The van der Waals surface area contributed by atoms with Gasteiger partial charge in [0.05, 0.1) is 19.4 Å². The van der Waals surface area contributed by atoms with Crippen LogP contribution in [0.4, 0.5) is 0 Å². The molecule has 1 aromatic rings. The molecule has 1 aromatic carbocycles. The molecule has 0 saturated carbocycles. The lowest BCUT2D eigenvalue weighted by Gasteiger charge is -2.12. The molecule has 0 atom stereocenters. The zero-order valence-electron chi connectivity index (χ0n) is 15.2. The summed E-state index contributed by atoms with van der Waals surface area (Å²) in [5.74, 6) is 1.50. The summed E-state index contributed by atoms with van der Waals surface area (Å²) in [5, 5.41) is 7.50. The van der Waals surface area contributed by atoms with Gasteiger partial charge in [-0.3, -0.25) is 5.43 Å². The number of rotatable bonds is 12. The number of hydrogen-bond acceptors (Lipinski definition) is 4. The molecule has 0 saturated heterocycles. The SMILES string of the molecule is C=CCNC(=S)N/N=C/c1ccc(OCCCCCC)c(OCC)c1. The molecule has 0 heterocycles. The number of hydrogen-bond donors (Lipinski definition) is 2. The summed E-state index contributed by atoms with van der Waals surface area (Å²) in [6.07, 6.45) is 8.13. The molecule has 0 aliphatic carbocycles. The Labute approximate surface area is 156 Å². The van der Waals surface area contributed by atoms with Gasteiger partial charge in [-0.2, -0.15) is 5.10 Å². The van der Waals surface area contributed by atoms with Crippen molar-refractivity contribution in [3.63, 3.8) is 0 Å². The van der Waals surface area contributed by atoms with E-state index in [9.17, 15) is 0 Å². The van der Waals surface area contributed by atoms with Gasteiger partial charge in [0, 0.05) is 6.54 Å². The normalized spacial score (nSPS) is 10.5. The fourth-order valence-corrected chi connectivity index (χ4v) is 2.21. The predicted octanol–water partition coefficient (Wildman–Crippen LogP) is 4.03. The zero-order valence-corrected chi connectivity index (χ0v) is 16.0. The van der Waals surface area contributed by atoms with Gasteiger partial charge in [0.15, 0.2) is 16.6 Å². The number of hydrazone groups is 1. The van der Waals surface area contributed by atoms with Crippen molar-refractivity contribution < 1.29 is 9.47 Å². The lowest BCUT2D eigenvalue weighted by Crippen LogP contribution is -2.31. The van der Waals surface area contributed by atoms with E-state index < -0.39 is 0 Å². The van der Waals surface area contributed by atoms with E-state index in [4.69, 9.17) is 21.7 Å². The summed E-state index contributed by atoms with van der Waals surface area (Å²) in [4.78, 5) is 0. The van der Waals surface area contributed by atoms with Crippen molar-refractivity contribution in [3.05, 3.63) is 36.4 Å². The van der Waals surface area contributed by atoms with Gasteiger partial charge < -0.3 is 14.8 Å². The summed E-state index contributed by atoms with van der Waals surface area (Å²) < 4.78 is 11.5. The minimum Gasteiger partial charge on any atom is -0.490 e. The lowest BCUT2D eigenvalue weighted by molar-refractivity contribution is 0.270. The number of nitrogens with zero attached hydrogens (tertiary/aromatic N) is 1. The van der Waals surface area contributed by atoms with Crippen LogP contribution in [0.5, 0.6) is 11.5 Å². The third-order valence-electron chi connectivity index (χ3n) is 3.31. The average molecular weight is 364 g/mol. The molecule has 1 rings (SSSR count). The molecule has 0 bridgehead atoms. The van der Waals surface area contributed by atoms with Crippen molar-refractivity contribution >= 4 is 23.5 Å². The number of unbranched alkanes of at least 4 members (excludes halogenated alkanes) is 3. The maximum Gasteiger partial charge on any atom is 0.187 e. The molecule has 0 aliphatic heterocycles. The molecule has 25 heavy (non-hydrogen) atoms. The molecule has 0 amide bonds. The van der Waals surface area contributed by atoms with Gasteiger partial charge in [-0.1, -0.05) is 32.3 Å². The summed E-state index contributed by atoms with van der Waals surface area (Å²) in [7, 11) is 0. The van der Waals surface area contributed by atoms with Gasteiger partial charge in [0.25, 0.3) is 0 Å². The Morgan fingerprint density at radius 3 is 2.76 bits per heavy atom. The number of benzene rings is 1. The van der Waals surface area contributed by atoms with Crippen LogP contribution in [0.3, 0.4) is 0 Å². The fraction of sp³-hybridized carbons (Fsp3) is 0.474. The van der Waals surface area contributed by atoms with Crippen LogP contribution in [-0.4, -0.2) is 31.1 Å². The molecule has 6 heteroatoms. The second-order valence-electron chi connectivity index (χ2n) is 5.42. The molecule has 138 valence electrons. The van der Waals surface area contributed by atoms with Crippen molar-refractivity contribution in [2.45, 2.75) is 39.5 Å². The van der Waals surface area contributed by atoms with Crippen LogP contribution in [-0.2, 0) is 0 Å². The topological polar surface area (TPSA) is 54.9 Å². The van der Waals surface area contributed by atoms with E-state index >= 15 is 0 Å². The maximum absolute atomic E-state index is 5.85. The molecule has 2 N–H and O–H groups in total. The van der Waals surface area contributed by atoms with Crippen LogP contribution < -0.4 is 20.2 Å². The first kappa shape index (κ1) is 21.0. The first-order valence-electron chi connectivity index (χ1n) is 8.78. The smallest absolute Gasteiger partial charge is 0.187 e. The average Bonchev–Trinajstić information content (AvgIpc) is 2.61. The van der Waals surface area contributed by atoms with Crippen molar-refractivity contribution in [2.75, 3.05) is 19.8 Å². The minimum atomic E-state index is 0.452. The van der Waals surface area contributed by atoms with Crippen molar-refractivity contribution in [3.8, 4) is 11.5 Å². The monoisotopic (exact) mass is 363 g/mol. The van der Waals surface area contributed by atoms with Crippen LogP contribution in [0.15, 0.2) is 36.0 Å². The van der Waals surface area contributed by atoms with E-state index in [-0.39, 0.29) is 0 Å². The van der Waals surface area contributed by atoms with E-state index in [1.165, 1.54) is 19.3 Å². The Kier molecular flexibility index (Phi) is 11.1. The molecule has 5 nitrogen and oxygen atoms in total. The molecular weight excluding hydrogens is 334 g/mol. The van der Waals surface area contributed by atoms with Gasteiger partial charge in [0.1, 0.15) is 0 Å². The van der Waals surface area contributed by atoms with E-state index in [0.717, 1.165) is 23.5 Å². The quantitative estimate of drug-likeness (QED) is 0.193. The third kappa shape index (κ3) is 9.10. The van der Waals surface area contributed by atoms with Crippen LogP contribution in [0.1, 0.15) is 45.1 Å². The summed E-state index contributed by atoms with van der Waals surface area (Å²) in [6, 6.07) is 5.77. The highest BCUT2D eigenvalue weighted by Crippen LogP contribution is 2.28. The summed E-state index contributed by atoms with van der Waals surface area (Å²) in [5.41, 5.74) is 3.66. The molecule has 0 radical (unpaired) electrons. The third-order valence-corrected chi connectivity index (χ3v) is 3.55. The Morgan fingerprint density at radius 2 is 2.04 bits per heavy atom. The molecule has 0 aromatic heterocycles. The van der Waals surface area contributed by atoms with Crippen LogP contribution >= 0.6 is 12.2 Å². The van der Waals surface area contributed by atoms with Gasteiger partial charge in [-0.25, -0.2) is 0 Å². The molecular formula is C19H29N3O2S. The zero-order chi connectivity index (χ0) is 18.3. The highest BCUT2D eigenvalue weighted by atomic mass is 32.1. The molecule has 0 aliphatic rings. The highest BCUT2D eigenvalue weighted by molar-refractivity contribution is 7.80. The van der Waals surface area contributed by atoms with Crippen molar-refractivity contribution in [1.82, 2.24) is 10.7 Å². The van der Waals surface area contributed by atoms with Crippen molar-refractivity contribution in [1.29, 1.82) is 0 Å². The number of thiocarbonyl (C=S) groups is 1. The van der Waals surface area contributed by atoms with E-state index in [2.05, 4.69) is 29.3 Å². The second-order valence-corrected chi connectivity index (χ2v) is 5.83. The fourth-order valence-electron chi connectivity index (χ4n) is 2.07. The van der Waals surface area contributed by atoms with Gasteiger partial charge in [0.2, 0.25) is 0 Å². The van der Waals surface area contributed by atoms with Gasteiger partial charge >= 0.3 is 0 Å².